The predicted octanol–water partition coefficient (Wildman–Crippen LogP) is 1.42. The molecule has 288 valence electrons. The van der Waals surface area contributed by atoms with Gasteiger partial charge in [-0.05, 0) is 52.5 Å². The SMILES string of the molecule is CO[C@@H]1[C@H](O)[C@@H](C)O[C@@H](OCC2CC(O)/C=C/C(=O)[C@H](C)C[C@H](C)[C@H](O[C@@H]3O[C@H](C)C[C@](O)([C@H](C)O)[C@H]3O)[C@@H](C)/C=C/C(=O)O[C@@H]2C)[C@@H]1OC. The largest absolute Gasteiger partial charge is 0.459 e. The normalized spacial score (nSPS) is 46.2. The molecule has 0 saturated carbocycles. The van der Waals surface area contributed by atoms with Gasteiger partial charge in [0.05, 0.1) is 37.1 Å². The molecule has 0 spiro atoms. The van der Waals surface area contributed by atoms with Crippen LogP contribution in [0.3, 0.4) is 0 Å². The molecule has 3 aliphatic heterocycles. The molecule has 0 amide bonds. The van der Waals surface area contributed by atoms with Gasteiger partial charge in [0.2, 0.25) is 0 Å². The molecule has 2 saturated heterocycles. The van der Waals surface area contributed by atoms with E-state index in [0.29, 0.717) is 6.42 Å². The number of methoxy groups -OCH3 is 2. The van der Waals surface area contributed by atoms with Gasteiger partial charge < -0.3 is 58.7 Å². The molecule has 14 nitrogen and oxygen atoms in total. The second-order valence-corrected chi connectivity index (χ2v) is 14.5. The number of cyclic esters (lactones) is 1. The van der Waals surface area contributed by atoms with E-state index in [1.165, 1.54) is 39.4 Å². The van der Waals surface area contributed by atoms with Crippen LogP contribution in [0.25, 0.3) is 0 Å². The minimum atomic E-state index is -1.86. The monoisotopic (exact) mass is 716 g/mol. The Kier molecular flexibility index (Phi) is 16.0. The van der Waals surface area contributed by atoms with Crippen LogP contribution in [0.2, 0.25) is 0 Å². The van der Waals surface area contributed by atoms with Crippen molar-refractivity contribution in [3.05, 3.63) is 24.3 Å². The van der Waals surface area contributed by atoms with Crippen molar-refractivity contribution < 1.29 is 68.3 Å². The molecule has 0 bridgehead atoms. The van der Waals surface area contributed by atoms with Gasteiger partial charge in [-0.2, -0.15) is 0 Å². The molecule has 14 heteroatoms. The lowest BCUT2D eigenvalue weighted by Crippen LogP contribution is -2.63. The summed E-state index contributed by atoms with van der Waals surface area (Å²) in [5, 5.41) is 53.9. The fourth-order valence-electron chi connectivity index (χ4n) is 7.10. The topological polar surface area (TPSA) is 200 Å². The summed E-state index contributed by atoms with van der Waals surface area (Å²) in [5.74, 6) is -2.63. The Hall–Kier alpha value is -1.82. The predicted molar refractivity (Wildman–Crippen MR) is 179 cm³/mol. The number of allylic oxidation sites excluding steroid dienone is 1. The van der Waals surface area contributed by atoms with E-state index in [0.717, 1.165) is 0 Å². The van der Waals surface area contributed by atoms with Crippen LogP contribution in [-0.2, 0) is 42.7 Å². The van der Waals surface area contributed by atoms with Crippen LogP contribution in [0.15, 0.2) is 24.3 Å². The number of aliphatic hydroxyl groups excluding tert-OH is 4. The quantitative estimate of drug-likeness (QED) is 0.226. The standard InChI is InChI=1S/C36H60O14/c1-18-10-13-28(40)48-22(5)25(17-46-34-32(45-9)31(44-8)29(41)23(6)49-34)15-26(38)11-12-27(39)19(2)14-20(3)30(18)50-35-33(42)36(43,24(7)37)16-21(4)47-35/h10-13,18-26,29-35,37-38,41-43H,14-17H2,1-9H3/b12-11+,13-10+/t18-,19+,20-,21+,22+,23+,24-,25?,26?,29+,30+,31+,32+,33-,34+,35-,36-/m0/s1. The molecule has 2 fully saturated rings. The smallest absolute Gasteiger partial charge is 0.330 e. The summed E-state index contributed by atoms with van der Waals surface area (Å²) in [6.45, 7) is 11.9. The highest BCUT2D eigenvalue weighted by atomic mass is 16.7. The van der Waals surface area contributed by atoms with Crippen LogP contribution < -0.4 is 0 Å². The number of rotatable bonds is 8. The molecular formula is C36H60O14. The van der Waals surface area contributed by atoms with Gasteiger partial charge in [0.25, 0.3) is 0 Å². The van der Waals surface area contributed by atoms with E-state index in [2.05, 4.69) is 0 Å². The third-order valence-electron chi connectivity index (χ3n) is 10.4. The molecule has 17 atom stereocenters. The fraction of sp³-hybridized carbons (Fsp3) is 0.833. The summed E-state index contributed by atoms with van der Waals surface area (Å²) in [7, 11) is 2.91. The molecule has 3 heterocycles. The van der Waals surface area contributed by atoms with Crippen LogP contribution in [-0.4, -0.2) is 137 Å². The first kappa shape index (κ1) is 42.6. The van der Waals surface area contributed by atoms with E-state index in [9.17, 15) is 35.1 Å². The summed E-state index contributed by atoms with van der Waals surface area (Å²) >= 11 is 0. The maximum absolute atomic E-state index is 13.2. The van der Waals surface area contributed by atoms with Crippen LogP contribution >= 0.6 is 0 Å². The van der Waals surface area contributed by atoms with Gasteiger partial charge in [-0.3, -0.25) is 4.79 Å². The molecule has 50 heavy (non-hydrogen) atoms. The van der Waals surface area contributed by atoms with Crippen molar-refractivity contribution in [2.75, 3.05) is 20.8 Å². The minimum Gasteiger partial charge on any atom is -0.459 e. The Morgan fingerprint density at radius 3 is 2.16 bits per heavy atom. The molecule has 0 aromatic carbocycles. The Bertz CT molecular complexity index is 1150. The Balaban J connectivity index is 1.85. The van der Waals surface area contributed by atoms with Crippen LogP contribution in [0.5, 0.6) is 0 Å². The second-order valence-electron chi connectivity index (χ2n) is 14.5. The number of hydrogen-bond donors (Lipinski definition) is 5. The number of carbonyl (C=O) groups excluding carboxylic acids is 2. The average Bonchev–Trinajstić information content (AvgIpc) is 3.05. The van der Waals surface area contributed by atoms with Gasteiger partial charge in [-0.15, -0.1) is 0 Å². The van der Waals surface area contributed by atoms with Gasteiger partial charge in [0.15, 0.2) is 18.4 Å². The summed E-state index contributed by atoms with van der Waals surface area (Å²) in [6, 6.07) is 0. The molecule has 0 aromatic heterocycles. The molecule has 0 aromatic rings. The van der Waals surface area contributed by atoms with Crippen LogP contribution in [0.4, 0.5) is 0 Å². The first-order valence-corrected chi connectivity index (χ1v) is 17.6. The lowest BCUT2D eigenvalue weighted by atomic mass is 9.82. The number of ketones is 1. The van der Waals surface area contributed by atoms with Gasteiger partial charge in [-0.1, -0.05) is 32.9 Å². The lowest BCUT2D eigenvalue weighted by Gasteiger charge is -2.47. The molecule has 0 aliphatic carbocycles. The zero-order chi connectivity index (χ0) is 37.5. The van der Waals surface area contributed by atoms with E-state index >= 15 is 0 Å². The lowest BCUT2D eigenvalue weighted by molar-refractivity contribution is -0.322. The van der Waals surface area contributed by atoms with E-state index in [1.54, 1.807) is 33.8 Å². The maximum Gasteiger partial charge on any atom is 0.330 e. The molecule has 0 radical (unpaired) electrons. The Morgan fingerprint density at radius 1 is 0.880 bits per heavy atom. The van der Waals surface area contributed by atoms with Crippen LogP contribution in [0, 0.1) is 23.7 Å². The molecule has 3 rings (SSSR count). The van der Waals surface area contributed by atoms with Crippen LogP contribution in [0.1, 0.15) is 67.7 Å². The third kappa shape index (κ3) is 10.6. The number of hydrogen-bond acceptors (Lipinski definition) is 14. The van der Waals surface area contributed by atoms with E-state index in [1.807, 2.05) is 13.8 Å². The zero-order valence-electron chi connectivity index (χ0n) is 30.8. The molecule has 2 unspecified atom stereocenters. The van der Waals surface area contributed by atoms with Gasteiger partial charge in [0, 0.05) is 44.5 Å². The maximum atomic E-state index is 13.2. The fourth-order valence-corrected chi connectivity index (χ4v) is 7.10. The zero-order valence-corrected chi connectivity index (χ0v) is 30.8. The summed E-state index contributed by atoms with van der Waals surface area (Å²) in [4.78, 5) is 26.3. The summed E-state index contributed by atoms with van der Waals surface area (Å²) < 4.78 is 40.9. The van der Waals surface area contributed by atoms with Crippen molar-refractivity contribution in [2.45, 2.75) is 147 Å². The molecule has 3 aliphatic rings. The first-order chi connectivity index (χ1) is 23.4. The summed E-state index contributed by atoms with van der Waals surface area (Å²) in [5.41, 5.74) is -1.86. The van der Waals surface area contributed by atoms with Crippen molar-refractivity contribution >= 4 is 11.8 Å². The minimum absolute atomic E-state index is 0.00227. The highest BCUT2D eigenvalue weighted by molar-refractivity contribution is 5.91. The molecular weight excluding hydrogens is 656 g/mol. The van der Waals surface area contributed by atoms with Crippen molar-refractivity contribution in [2.24, 2.45) is 23.7 Å². The highest BCUT2D eigenvalue weighted by Crippen LogP contribution is 2.36. The number of esters is 1. The van der Waals surface area contributed by atoms with E-state index in [-0.39, 0.29) is 31.1 Å². The second kappa shape index (κ2) is 18.8. The van der Waals surface area contributed by atoms with Crippen molar-refractivity contribution in [1.29, 1.82) is 0 Å². The average molecular weight is 717 g/mol. The summed E-state index contributed by atoms with van der Waals surface area (Å²) in [6.07, 6.45) is -5.05. The Morgan fingerprint density at radius 2 is 1.54 bits per heavy atom. The van der Waals surface area contributed by atoms with E-state index < -0.39 is 103 Å². The Labute approximate surface area is 295 Å². The van der Waals surface area contributed by atoms with E-state index in [4.69, 9.17) is 33.2 Å². The van der Waals surface area contributed by atoms with Gasteiger partial charge in [-0.25, -0.2) is 4.79 Å². The number of ether oxygens (including phenoxy) is 7. The molecule has 5 N–H and O–H groups in total. The van der Waals surface area contributed by atoms with Crippen molar-refractivity contribution in [3.8, 4) is 0 Å². The van der Waals surface area contributed by atoms with Gasteiger partial charge in [0.1, 0.15) is 36.1 Å². The number of carbonyl (C=O) groups is 2. The van der Waals surface area contributed by atoms with Gasteiger partial charge >= 0.3 is 5.97 Å². The first-order valence-electron chi connectivity index (χ1n) is 17.6. The third-order valence-corrected chi connectivity index (χ3v) is 10.4. The highest BCUT2D eigenvalue weighted by Gasteiger charge is 2.52. The van der Waals surface area contributed by atoms with Crippen molar-refractivity contribution in [3.63, 3.8) is 0 Å². The van der Waals surface area contributed by atoms with Crippen molar-refractivity contribution in [1.82, 2.24) is 0 Å². The number of aliphatic hydroxyl groups is 5.